The number of unbranched alkanes of at least 4 members (excludes halogenated alkanes) is 16. The van der Waals surface area contributed by atoms with Crippen LogP contribution in [0.15, 0.2) is 24.4 Å². The molecule has 0 fully saturated rings. The molecule has 0 saturated carbocycles. The summed E-state index contributed by atoms with van der Waals surface area (Å²) >= 11 is 0. The molecule has 0 unspecified atom stereocenters. The average Bonchev–Trinajstić information content (AvgIpc) is 3.23. The molecule has 4 heteroatoms. The Morgan fingerprint density at radius 1 is 0.794 bits per heavy atom. The molecule has 4 nitrogen and oxygen atoms in total. The topological polar surface area (TPSA) is 65.1 Å². The first kappa shape index (κ1) is 28.3. The lowest BCUT2D eigenvalue weighted by Gasteiger charge is -2.06. The maximum atomic E-state index is 12.1. The molecule has 0 bridgehead atoms. The molecule has 1 heterocycles. The van der Waals surface area contributed by atoms with Crippen LogP contribution < -0.4 is 5.32 Å². The van der Waals surface area contributed by atoms with Gasteiger partial charge >= 0.3 is 0 Å². The number of hydrogen-bond donors (Lipinski definition) is 3. The quantitative estimate of drug-likeness (QED) is 0.160. The Hall–Kier alpha value is -1.97. The van der Waals surface area contributed by atoms with Gasteiger partial charge < -0.3 is 15.4 Å². The summed E-state index contributed by atoms with van der Waals surface area (Å²) in [5, 5.41) is 13.7. The fourth-order valence-corrected chi connectivity index (χ4v) is 4.81. The van der Waals surface area contributed by atoms with Crippen LogP contribution in [-0.4, -0.2) is 22.5 Å². The second-order valence-electron chi connectivity index (χ2n) is 10.1. The van der Waals surface area contributed by atoms with Crippen LogP contribution in [0.2, 0.25) is 0 Å². The largest absolute Gasteiger partial charge is 0.508 e. The number of H-pyrrole nitrogens is 1. The van der Waals surface area contributed by atoms with E-state index in [1.807, 2.05) is 12.3 Å². The van der Waals surface area contributed by atoms with Crippen molar-refractivity contribution in [2.24, 2.45) is 0 Å². The molecule has 0 aliphatic carbocycles. The van der Waals surface area contributed by atoms with Crippen molar-refractivity contribution in [2.75, 3.05) is 6.54 Å². The highest BCUT2D eigenvalue weighted by Crippen LogP contribution is 2.23. The summed E-state index contributed by atoms with van der Waals surface area (Å²) in [6.45, 7) is 2.92. The lowest BCUT2D eigenvalue weighted by Crippen LogP contribution is -2.25. The number of nitrogens with one attached hydrogen (secondary N) is 2. The first-order valence-corrected chi connectivity index (χ1v) is 14.3. The summed E-state index contributed by atoms with van der Waals surface area (Å²) in [6, 6.07) is 5.34. The number of benzene rings is 1. The second-order valence-corrected chi connectivity index (χ2v) is 10.1. The Bertz CT molecular complexity index is 783. The number of rotatable bonds is 21. The van der Waals surface area contributed by atoms with E-state index in [1.54, 1.807) is 12.1 Å². The summed E-state index contributed by atoms with van der Waals surface area (Å²) < 4.78 is 0. The number of amides is 1. The van der Waals surface area contributed by atoms with Gasteiger partial charge in [-0.25, -0.2) is 0 Å². The molecule has 1 aromatic heterocycles. The molecule has 0 spiro atoms. The van der Waals surface area contributed by atoms with Gasteiger partial charge in [-0.15, -0.1) is 0 Å². The van der Waals surface area contributed by atoms with Gasteiger partial charge in [-0.05, 0) is 36.6 Å². The number of phenols is 1. The summed E-state index contributed by atoms with van der Waals surface area (Å²) in [6.07, 6.45) is 26.4. The van der Waals surface area contributed by atoms with Gasteiger partial charge in [-0.3, -0.25) is 4.79 Å². The maximum absolute atomic E-state index is 12.1. The molecule has 192 valence electrons. The third-order valence-corrected chi connectivity index (χ3v) is 6.97. The van der Waals surface area contributed by atoms with Gasteiger partial charge in [-0.2, -0.15) is 0 Å². The maximum Gasteiger partial charge on any atom is 0.220 e. The minimum atomic E-state index is 0.156. The number of fused-ring (bicyclic) bond motifs is 1. The Labute approximate surface area is 208 Å². The third kappa shape index (κ3) is 12.5. The number of aromatic amines is 1. The Morgan fingerprint density at radius 3 is 1.88 bits per heavy atom. The van der Waals surface area contributed by atoms with Crippen molar-refractivity contribution < 1.29 is 9.90 Å². The highest BCUT2D eigenvalue weighted by atomic mass is 16.3. The highest BCUT2D eigenvalue weighted by Gasteiger charge is 2.06. The summed E-state index contributed by atoms with van der Waals surface area (Å²) in [4.78, 5) is 15.3. The molecule has 0 radical (unpaired) electrons. The van der Waals surface area contributed by atoms with Gasteiger partial charge in [0.25, 0.3) is 0 Å². The first-order chi connectivity index (χ1) is 16.7. The molecular formula is C30H50N2O2. The zero-order chi connectivity index (χ0) is 24.3. The summed E-state index contributed by atoms with van der Waals surface area (Å²) in [5.41, 5.74) is 2.15. The standard InChI is InChI=1S/C30H50N2O2/c1-2-3-4-5-6-7-8-9-10-11-12-13-14-15-16-17-18-19-30(34)31-23-22-26-25-32-29-21-20-27(33)24-28(26)29/h20-21,24-25,32-33H,2-19,22-23H2,1H3,(H,31,34). The fraction of sp³-hybridized carbons (Fsp3) is 0.700. The Balaban J connectivity index is 1.33. The van der Waals surface area contributed by atoms with E-state index in [0.29, 0.717) is 13.0 Å². The minimum Gasteiger partial charge on any atom is -0.508 e. The number of aromatic hydroxyl groups is 1. The predicted octanol–water partition coefficient (Wildman–Crippen LogP) is 8.57. The lowest BCUT2D eigenvalue weighted by atomic mass is 10.0. The molecule has 1 aromatic carbocycles. The number of carbonyl (C=O) groups is 1. The van der Waals surface area contributed by atoms with Gasteiger partial charge in [0.05, 0.1) is 0 Å². The summed E-state index contributed by atoms with van der Waals surface area (Å²) in [7, 11) is 0. The van der Waals surface area contributed by atoms with Crippen LogP contribution in [0.3, 0.4) is 0 Å². The molecule has 0 saturated heterocycles. The summed E-state index contributed by atoms with van der Waals surface area (Å²) in [5.74, 6) is 0.430. The minimum absolute atomic E-state index is 0.156. The van der Waals surface area contributed by atoms with Crippen molar-refractivity contribution in [2.45, 2.75) is 129 Å². The van der Waals surface area contributed by atoms with Crippen molar-refractivity contribution in [3.8, 4) is 5.75 Å². The number of hydrogen-bond acceptors (Lipinski definition) is 2. The molecule has 2 aromatic rings. The first-order valence-electron chi connectivity index (χ1n) is 14.3. The van der Waals surface area contributed by atoms with Crippen molar-refractivity contribution in [1.29, 1.82) is 0 Å². The van der Waals surface area contributed by atoms with Crippen LogP contribution in [0.1, 0.15) is 128 Å². The van der Waals surface area contributed by atoms with Crippen LogP contribution in [-0.2, 0) is 11.2 Å². The average molecular weight is 471 g/mol. The number of carbonyl (C=O) groups excluding carboxylic acids is 1. The van der Waals surface area contributed by atoms with Crippen LogP contribution in [0.25, 0.3) is 10.9 Å². The predicted molar refractivity (Wildman–Crippen MR) is 145 cm³/mol. The van der Waals surface area contributed by atoms with E-state index in [1.165, 1.54) is 96.3 Å². The van der Waals surface area contributed by atoms with Crippen molar-refractivity contribution in [3.63, 3.8) is 0 Å². The lowest BCUT2D eigenvalue weighted by molar-refractivity contribution is -0.121. The van der Waals surface area contributed by atoms with E-state index < -0.39 is 0 Å². The molecule has 0 aliphatic heterocycles. The third-order valence-electron chi connectivity index (χ3n) is 6.97. The number of phenolic OH excluding ortho intramolecular Hbond substituents is 1. The van der Waals surface area contributed by atoms with Crippen LogP contribution in [0, 0.1) is 0 Å². The monoisotopic (exact) mass is 470 g/mol. The van der Waals surface area contributed by atoms with Crippen LogP contribution in [0.5, 0.6) is 5.75 Å². The second kappa shape index (κ2) is 18.4. The smallest absolute Gasteiger partial charge is 0.220 e. The van der Waals surface area contributed by atoms with Crippen molar-refractivity contribution >= 4 is 16.8 Å². The van der Waals surface area contributed by atoms with Crippen LogP contribution in [0.4, 0.5) is 0 Å². The molecule has 3 N–H and O–H groups in total. The molecule has 2 rings (SSSR count). The van der Waals surface area contributed by atoms with Gasteiger partial charge in [0.1, 0.15) is 5.75 Å². The zero-order valence-corrected chi connectivity index (χ0v) is 21.8. The highest BCUT2D eigenvalue weighted by molar-refractivity contribution is 5.84. The molecular weight excluding hydrogens is 420 g/mol. The van der Waals surface area contributed by atoms with Gasteiger partial charge in [0.2, 0.25) is 5.91 Å². The van der Waals surface area contributed by atoms with Crippen LogP contribution >= 0.6 is 0 Å². The fourth-order valence-electron chi connectivity index (χ4n) is 4.81. The van der Waals surface area contributed by atoms with Gasteiger partial charge in [0, 0.05) is 30.1 Å². The van der Waals surface area contributed by atoms with E-state index in [2.05, 4.69) is 17.2 Å². The Morgan fingerprint density at radius 2 is 1.32 bits per heavy atom. The van der Waals surface area contributed by atoms with E-state index in [4.69, 9.17) is 0 Å². The van der Waals surface area contributed by atoms with Crippen molar-refractivity contribution in [1.82, 2.24) is 10.3 Å². The van der Waals surface area contributed by atoms with E-state index >= 15 is 0 Å². The van der Waals surface area contributed by atoms with E-state index in [-0.39, 0.29) is 11.7 Å². The molecule has 34 heavy (non-hydrogen) atoms. The van der Waals surface area contributed by atoms with Gasteiger partial charge in [0.15, 0.2) is 0 Å². The van der Waals surface area contributed by atoms with E-state index in [0.717, 1.165) is 35.7 Å². The van der Waals surface area contributed by atoms with Gasteiger partial charge in [-0.1, -0.05) is 110 Å². The van der Waals surface area contributed by atoms with Crippen molar-refractivity contribution in [3.05, 3.63) is 30.0 Å². The molecule has 0 atom stereocenters. The normalized spacial score (nSPS) is 11.3. The number of aromatic nitrogens is 1. The molecule has 0 aliphatic rings. The molecule has 1 amide bonds. The SMILES string of the molecule is CCCCCCCCCCCCCCCCCCCC(=O)NCCc1c[nH]c2ccc(O)cc12. The zero-order valence-electron chi connectivity index (χ0n) is 21.8. The van der Waals surface area contributed by atoms with E-state index in [9.17, 15) is 9.90 Å². The Kier molecular flexibility index (Phi) is 15.3.